The molecule has 0 radical (unpaired) electrons. The number of benzene rings is 2. The van der Waals surface area contributed by atoms with Gasteiger partial charge >= 0.3 is 0 Å². The molecule has 0 aromatic heterocycles. The second-order valence-electron chi connectivity index (χ2n) is 4.82. The minimum atomic E-state index is 0.0374. The summed E-state index contributed by atoms with van der Waals surface area (Å²) in [6.45, 7) is 1.73. The van der Waals surface area contributed by atoms with Crippen LogP contribution in [0.4, 0.5) is 0 Å². The molecule has 0 saturated carbocycles. The van der Waals surface area contributed by atoms with Crippen LogP contribution in [0.5, 0.6) is 0 Å². The third kappa shape index (κ3) is 3.41. The Bertz CT molecular complexity index is 469. The van der Waals surface area contributed by atoms with E-state index >= 15 is 0 Å². The first kappa shape index (κ1) is 13.2. The van der Waals surface area contributed by atoms with Crippen molar-refractivity contribution in [1.29, 1.82) is 0 Å². The zero-order valence-corrected chi connectivity index (χ0v) is 11.2. The zero-order chi connectivity index (χ0) is 13.6. The largest absolute Gasteiger partial charge is 0.265 e. The third-order valence-electron chi connectivity index (χ3n) is 3.30. The van der Waals surface area contributed by atoms with E-state index in [1.54, 1.807) is 0 Å². The van der Waals surface area contributed by atoms with Gasteiger partial charge < -0.3 is 0 Å². The van der Waals surface area contributed by atoms with Crippen LogP contribution in [-0.2, 0) is 13.1 Å². The highest BCUT2D eigenvalue weighted by Gasteiger charge is 2.21. The van der Waals surface area contributed by atoms with Crippen LogP contribution < -0.4 is 21.9 Å². The van der Waals surface area contributed by atoms with Gasteiger partial charge in [-0.05, 0) is 11.1 Å². The van der Waals surface area contributed by atoms with Crippen LogP contribution >= 0.6 is 0 Å². The number of hydrogen-bond donors (Lipinski definition) is 4. The van der Waals surface area contributed by atoms with Crippen LogP contribution in [0.3, 0.4) is 0 Å². The molecule has 0 aliphatic carbocycles. The molecule has 5 nitrogen and oxygen atoms in total. The van der Waals surface area contributed by atoms with Gasteiger partial charge in [0.1, 0.15) is 6.29 Å². The van der Waals surface area contributed by atoms with Gasteiger partial charge in [-0.25, -0.2) is 10.9 Å². The summed E-state index contributed by atoms with van der Waals surface area (Å²) in [6.07, 6.45) is 0.0374. The van der Waals surface area contributed by atoms with Crippen molar-refractivity contribution >= 4 is 0 Å². The van der Waals surface area contributed by atoms with Gasteiger partial charge in [-0.1, -0.05) is 60.7 Å². The van der Waals surface area contributed by atoms with E-state index in [2.05, 4.69) is 75.4 Å². The van der Waals surface area contributed by atoms with Crippen LogP contribution in [-0.4, -0.2) is 11.2 Å². The van der Waals surface area contributed by atoms with E-state index < -0.39 is 0 Å². The molecule has 0 atom stereocenters. The molecule has 0 bridgehead atoms. The van der Waals surface area contributed by atoms with E-state index in [0.717, 1.165) is 13.1 Å². The fraction of sp³-hybridized carbons (Fsp3) is 0.200. The highest BCUT2D eigenvalue weighted by molar-refractivity contribution is 5.17. The van der Waals surface area contributed by atoms with E-state index in [4.69, 9.17) is 0 Å². The van der Waals surface area contributed by atoms with Crippen molar-refractivity contribution in [2.75, 3.05) is 0 Å². The van der Waals surface area contributed by atoms with Crippen molar-refractivity contribution in [2.24, 2.45) is 0 Å². The fourth-order valence-electron chi connectivity index (χ4n) is 2.30. The molecule has 0 spiro atoms. The van der Waals surface area contributed by atoms with Gasteiger partial charge in [-0.2, -0.15) is 11.1 Å². The maximum Gasteiger partial charge on any atom is 0.142 e. The minimum absolute atomic E-state index is 0.0374. The van der Waals surface area contributed by atoms with Crippen molar-refractivity contribution in [3.05, 3.63) is 71.8 Å². The lowest BCUT2D eigenvalue weighted by Crippen LogP contribution is -2.49. The van der Waals surface area contributed by atoms with Gasteiger partial charge in [0, 0.05) is 13.1 Å². The summed E-state index contributed by atoms with van der Waals surface area (Å²) in [5, 5.41) is 0. The average Bonchev–Trinajstić information content (AvgIpc) is 3.03. The third-order valence-corrected chi connectivity index (χ3v) is 3.30. The highest BCUT2D eigenvalue weighted by atomic mass is 15.9. The van der Waals surface area contributed by atoms with Gasteiger partial charge in [0.05, 0.1) is 0 Å². The van der Waals surface area contributed by atoms with Crippen molar-refractivity contribution in [3.63, 3.8) is 0 Å². The maximum atomic E-state index is 3.15. The summed E-state index contributed by atoms with van der Waals surface area (Å²) in [4.78, 5) is 2.32. The predicted molar refractivity (Wildman–Crippen MR) is 78.5 cm³/mol. The number of nitrogens with one attached hydrogen (secondary N) is 4. The lowest BCUT2D eigenvalue weighted by atomic mass is 10.1. The van der Waals surface area contributed by atoms with Gasteiger partial charge in [0.25, 0.3) is 0 Å². The van der Waals surface area contributed by atoms with Crippen molar-refractivity contribution in [2.45, 2.75) is 19.4 Å². The van der Waals surface area contributed by atoms with Gasteiger partial charge in [0.15, 0.2) is 0 Å². The lowest BCUT2D eigenvalue weighted by molar-refractivity contribution is 0.139. The van der Waals surface area contributed by atoms with E-state index in [0.29, 0.717) is 0 Å². The molecule has 2 aromatic carbocycles. The summed E-state index contributed by atoms with van der Waals surface area (Å²) in [6, 6.07) is 21.0. The predicted octanol–water partition coefficient (Wildman–Crippen LogP) is 1.09. The van der Waals surface area contributed by atoms with E-state index in [9.17, 15) is 0 Å². The first-order valence-corrected chi connectivity index (χ1v) is 6.75. The lowest BCUT2D eigenvalue weighted by Gasteiger charge is -2.27. The van der Waals surface area contributed by atoms with Crippen LogP contribution in [0.25, 0.3) is 0 Å². The fourth-order valence-corrected chi connectivity index (χ4v) is 2.30. The standard InChI is InChI=1S/C15H19N5/c1-3-7-13(8-4-1)11-20(15-16-18-19-17-15)12-14-9-5-2-6-10-14/h1-10,15-19H,11-12H2. The van der Waals surface area contributed by atoms with E-state index in [1.165, 1.54) is 11.1 Å². The molecule has 1 heterocycles. The molecule has 1 fully saturated rings. The Labute approximate surface area is 118 Å². The number of nitrogens with zero attached hydrogens (tertiary/aromatic N) is 1. The van der Waals surface area contributed by atoms with Gasteiger partial charge in [0.2, 0.25) is 0 Å². The van der Waals surface area contributed by atoms with Gasteiger partial charge in [-0.3, -0.25) is 4.90 Å². The number of hydrazine groups is 3. The molecule has 104 valence electrons. The second kappa shape index (κ2) is 6.60. The molecule has 4 N–H and O–H groups in total. The average molecular weight is 269 g/mol. The molecule has 5 heteroatoms. The molecule has 2 aromatic rings. The summed E-state index contributed by atoms with van der Waals surface area (Å²) in [5.74, 6) is 0. The molecule has 3 rings (SSSR count). The minimum Gasteiger partial charge on any atom is -0.265 e. The highest BCUT2D eigenvalue weighted by Crippen LogP contribution is 2.11. The molecule has 0 amide bonds. The first-order valence-electron chi connectivity index (χ1n) is 6.75. The topological polar surface area (TPSA) is 51.4 Å². The Hall–Kier alpha value is -1.76. The van der Waals surface area contributed by atoms with Crippen LogP contribution in [0, 0.1) is 0 Å². The summed E-state index contributed by atoms with van der Waals surface area (Å²) >= 11 is 0. The van der Waals surface area contributed by atoms with Crippen molar-refractivity contribution < 1.29 is 0 Å². The van der Waals surface area contributed by atoms with Crippen LogP contribution in [0.1, 0.15) is 11.1 Å². The van der Waals surface area contributed by atoms with Crippen molar-refractivity contribution in [1.82, 2.24) is 26.8 Å². The summed E-state index contributed by atoms with van der Waals surface area (Å²) in [5.41, 5.74) is 14.6. The van der Waals surface area contributed by atoms with E-state index in [1.807, 2.05) is 12.1 Å². The molecular formula is C15H19N5. The maximum absolute atomic E-state index is 3.15. The molecule has 1 aliphatic rings. The monoisotopic (exact) mass is 269 g/mol. The molecule has 1 aliphatic heterocycles. The van der Waals surface area contributed by atoms with Crippen LogP contribution in [0.15, 0.2) is 60.7 Å². The van der Waals surface area contributed by atoms with Crippen LogP contribution in [0.2, 0.25) is 0 Å². The molecule has 1 saturated heterocycles. The number of hydrogen-bond acceptors (Lipinski definition) is 5. The molecular weight excluding hydrogens is 250 g/mol. The first-order chi connectivity index (χ1) is 9.92. The summed E-state index contributed by atoms with van der Waals surface area (Å²) in [7, 11) is 0. The Balaban J connectivity index is 1.73. The second-order valence-corrected chi connectivity index (χ2v) is 4.82. The Morgan fingerprint density at radius 1 is 0.700 bits per heavy atom. The Morgan fingerprint density at radius 3 is 1.60 bits per heavy atom. The van der Waals surface area contributed by atoms with E-state index in [-0.39, 0.29) is 6.29 Å². The van der Waals surface area contributed by atoms with Crippen molar-refractivity contribution in [3.8, 4) is 0 Å². The zero-order valence-electron chi connectivity index (χ0n) is 11.2. The molecule has 0 unspecified atom stereocenters. The molecule has 20 heavy (non-hydrogen) atoms. The van der Waals surface area contributed by atoms with Gasteiger partial charge in [-0.15, -0.1) is 0 Å². The summed E-state index contributed by atoms with van der Waals surface area (Å²) < 4.78 is 0. The SMILES string of the molecule is c1ccc(CN(Cc2ccccc2)C2NNNN2)cc1. The smallest absolute Gasteiger partial charge is 0.142 e. The Morgan fingerprint density at radius 2 is 1.15 bits per heavy atom. The normalized spacial score (nSPS) is 15.8. The number of rotatable bonds is 5. The Kier molecular flexibility index (Phi) is 4.37. The quantitative estimate of drug-likeness (QED) is 0.655.